The zero-order chi connectivity index (χ0) is 28.1. The number of halogens is 1. The first-order chi connectivity index (χ1) is 19.4. The van der Waals surface area contributed by atoms with Gasteiger partial charge in [-0.05, 0) is 55.5 Å². The normalized spacial score (nSPS) is 21.1. The summed E-state index contributed by atoms with van der Waals surface area (Å²) in [5.41, 5.74) is 8.78. The maximum Gasteiger partial charge on any atom is 0.122 e. The van der Waals surface area contributed by atoms with Crippen molar-refractivity contribution in [2.24, 2.45) is 16.8 Å². The molecule has 1 aliphatic carbocycles. The number of alkyl halides is 1. The highest BCUT2D eigenvalue weighted by Crippen LogP contribution is 2.34. The number of ether oxygens (including phenoxy) is 1. The van der Waals surface area contributed by atoms with Crippen LogP contribution in [0.5, 0.6) is 0 Å². The smallest absolute Gasteiger partial charge is 0.122 e. The van der Waals surface area contributed by atoms with E-state index in [0.717, 1.165) is 72.4 Å². The third-order valence-electron chi connectivity index (χ3n) is 8.48. The van der Waals surface area contributed by atoms with E-state index in [-0.39, 0.29) is 5.92 Å². The number of nitrogens with zero attached hydrogens (tertiary/aromatic N) is 3. The molecular weight excluding hydrogens is 499 g/mol. The number of allylic oxidation sites excluding steroid dienone is 4. The molecule has 5 rings (SSSR count). The Kier molecular flexibility index (Phi) is 9.15. The summed E-state index contributed by atoms with van der Waals surface area (Å²) >= 11 is 0. The number of benzene rings is 1. The van der Waals surface area contributed by atoms with E-state index in [1.165, 1.54) is 43.5 Å². The summed E-state index contributed by atoms with van der Waals surface area (Å²) in [6, 6.07) is 9.83. The van der Waals surface area contributed by atoms with Gasteiger partial charge in [-0.1, -0.05) is 63.8 Å². The lowest BCUT2D eigenvalue weighted by Gasteiger charge is -2.32. The molecule has 3 heterocycles. The molecule has 0 amide bonds. The van der Waals surface area contributed by atoms with Crippen LogP contribution in [0.1, 0.15) is 81.4 Å². The van der Waals surface area contributed by atoms with E-state index in [1.54, 1.807) is 6.92 Å². The van der Waals surface area contributed by atoms with E-state index >= 15 is 0 Å². The monoisotopic (exact) mass is 542 g/mol. The van der Waals surface area contributed by atoms with Crippen LogP contribution in [0.4, 0.5) is 10.1 Å². The van der Waals surface area contributed by atoms with Crippen LogP contribution in [0, 0.1) is 11.8 Å². The van der Waals surface area contributed by atoms with E-state index in [9.17, 15) is 4.39 Å². The highest BCUT2D eigenvalue weighted by atomic mass is 19.1. The summed E-state index contributed by atoms with van der Waals surface area (Å²) in [5, 5.41) is 3.53. The van der Waals surface area contributed by atoms with Crippen LogP contribution < -0.4 is 10.2 Å². The minimum atomic E-state index is -1.03. The fourth-order valence-electron chi connectivity index (χ4n) is 5.96. The molecule has 2 fully saturated rings. The Morgan fingerprint density at radius 2 is 1.95 bits per heavy atom. The second-order valence-electron chi connectivity index (χ2n) is 11.5. The molecule has 40 heavy (non-hydrogen) atoms. The van der Waals surface area contributed by atoms with Crippen LogP contribution in [-0.4, -0.2) is 37.5 Å². The summed E-state index contributed by atoms with van der Waals surface area (Å²) in [4.78, 5) is 12.4. The summed E-state index contributed by atoms with van der Waals surface area (Å²) in [7, 11) is 0. The van der Waals surface area contributed by atoms with E-state index in [1.807, 2.05) is 36.7 Å². The number of nitrogens with one attached hydrogen (secondary N) is 1. The van der Waals surface area contributed by atoms with Gasteiger partial charge in [-0.15, -0.1) is 0 Å². The number of aliphatic imine (C=N–C) groups is 1. The Balaban J connectivity index is 1.46. The average molecular weight is 543 g/mol. The Morgan fingerprint density at radius 3 is 2.70 bits per heavy atom. The summed E-state index contributed by atoms with van der Waals surface area (Å²) in [6.45, 7) is 13.3. The number of aromatic nitrogens is 1. The Bertz CT molecular complexity index is 1300. The molecule has 2 aliphatic heterocycles. The van der Waals surface area contributed by atoms with Crippen molar-refractivity contribution in [3.63, 3.8) is 0 Å². The Labute approximate surface area is 238 Å². The van der Waals surface area contributed by atoms with Crippen molar-refractivity contribution in [1.82, 2.24) is 10.3 Å². The molecule has 2 unspecified atom stereocenters. The second kappa shape index (κ2) is 12.9. The minimum absolute atomic E-state index is 0.0599. The largest absolute Gasteiger partial charge is 0.378 e. The molecule has 1 aromatic heterocycles. The second-order valence-corrected chi connectivity index (χ2v) is 11.5. The van der Waals surface area contributed by atoms with Gasteiger partial charge in [0.05, 0.1) is 24.6 Å². The van der Waals surface area contributed by atoms with Gasteiger partial charge in [0.1, 0.15) is 6.17 Å². The van der Waals surface area contributed by atoms with Crippen molar-refractivity contribution in [2.75, 3.05) is 31.2 Å². The van der Waals surface area contributed by atoms with Crippen molar-refractivity contribution in [3.05, 3.63) is 83.0 Å². The van der Waals surface area contributed by atoms with Gasteiger partial charge in [-0.3, -0.25) is 9.98 Å². The van der Waals surface area contributed by atoms with Gasteiger partial charge in [0, 0.05) is 59.6 Å². The standard InChI is InChI=1S/C34H43FN4O/c1-23-21-36-26(4)31(20-32(23)38-25(3)29-12-8-11-28(18-29)24(2)35)30-19-34(39-13-15-40-16-14-39)33(37-22-30)17-27-9-6-5-7-10-27/h8,11-12,18-24,27,38H,3,5-7,9-10,13-17H2,1-2,4H3. The maximum absolute atomic E-state index is 14.0. The number of morpholine rings is 1. The molecule has 212 valence electrons. The third-order valence-corrected chi connectivity index (χ3v) is 8.48. The summed E-state index contributed by atoms with van der Waals surface area (Å²) in [6.07, 6.45) is 12.8. The van der Waals surface area contributed by atoms with Crippen molar-refractivity contribution in [1.29, 1.82) is 0 Å². The lowest BCUT2D eigenvalue weighted by Crippen LogP contribution is -2.37. The maximum atomic E-state index is 14.0. The van der Waals surface area contributed by atoms with Gasteiger partial charge in [0.2, 0.25) is 0 Å². The van der Waals surface area contributed by atoms with Crippen molar-refractivity contribution in [2.45, 2.75) is 65.5 Å². The van der Waals surface area contributed by atoms with E-state index < -0.39 is 6.17 Å². The van der Waals surface area contributed by atoms with Gasteiger partial charge in [0.25, 0.3) is 0 Å². The van der Waals surface area contributed by atoms with Crippen LogP contribution in [0.25, 0.3) is 11.3 Å². The highest BCUT2D eigenvalue weighted by Gasteiger charge is 2.23. The molecule has 1 aromatic carbocycles. The summed E-state index contributed by atoms with van der Waals surface area (Å²) in [5.74, 6) is 0.779. The van der Waals surface area contributed by atoms with Crippen molar-refractivity contribution < 1.29 is 9.13 Å². The number of hydrogen-bond acceptors (Lipinski definition) is 5. The first-order valence-electron chi connectivity index (χ1n) is 14.9. The molecule has 2 atom stereocenters. The van der Waals surface area contributed by atoms with Crippen molar-refractivity contribution in [3.8, 4) is 0 Å². The van der Waals surface area contributed by atoms with Crippen LogP contribution in [0.15, 0.2) is 65.6 Å². The molecule has 0 spiro atoms. The molecular formula is C34H43FN4O. The quantitative estimate of drug-likeness (QED) is 0.372. The molecule has 2 aromatic rings. The SMILES string of the molecule is C=C(NC1=CC(c2cnc(CC3CCCCC3)c(N3CCOCC3)c2)=C(C)N=CC1C)c1cccc(C(C)F)c1. The lowest BCUT2D eigenvalue weighted by atomic mass is 9.85. The van der Waals surface area contributed by atoms with Gasteiger partial charge >= 0.3 is 0 Å². The molecule has 5 nitrogen and oxygen atoms in total. The number of hydrogen-bond donors (Lipinski definition) is 1. The molecule has 0 radical (unpaired) electrons. The minimum Gasteiger partial charge on any atom is -0.378 e. The molecule has 1 saturated carbocycles. The number of rotatable bonds is 8. The van der Waals surface area contributed by atoms with Crippen LogP contribution in [0.2, 0.25) is 0 Å². The first-order valence-corrected chi connectivity index (χ1v) is 14.9. The molecule has 1 saturated heterocycles. The van der Waals surface area contributed by atoms with E-state index in [2.05, 4.69) is 42.8 Å². The number of anilines is 1. The lowest BCUT2D eigenvalue weighted by molar-refractivity contribution is 0.122. The zero-order valence-corrected chi connectivity index (χ0v) is 24.3. The first kappa shape index (κ1) is 28.3. The van der Waals surface area contributed by atoms with Gasteiger partial charge < -0.3 is 15.0 Å². The van der Waals surface area contributed by atoms with Gasteiger partial charge in [-0.25, -0.2) is 4.39 Å². The molecule has 6 heteroatoms. The molecule has 3 aliphatic rings. The molecule has 0 bridgehead atoms. The Hall–Kier alpha value is -3.25. The number of pyridine rings is 1. The zero-order valence-electron chi connectivity index (χ0n) is 24.3. The van der Waals surface area contributed by atoms with E-state index in [4.69, 9.17) is 14.7 Å². The van der Waals surface area contributed by atoms with Gasteiger partial charge in [0.15, 0.2) is 0 Å². The van der Waals surface area contributed by atoms with E-state index in [0.29, 0.717) is 5.56 Å². The highest BCUT2D eigenvalue weighted by molar-refractivity contribution is 5.84. The predicted molar refractivity (Wildman–Crippen MR) is 164 cm³/mol. The van der Waals surface area contributed by atoms with Crippen LogP contribution >= 0.6 is 0 Å². The van der Waals surface area contributed by atoms with Gasteiger partial charge in [-0.2, -0.15) is 0 Å². The van der Waals surface area contributed by atoms with Crippen molar-refractivity contribution >= 4 is 23.2 Å². The molecule has 1 N–H and O–H groups in total. The fraction of sp³-hybridized carbons (Fsp3) is 0.471. The Morgan fingerprint density at radius 1 is 1.18 bits per heavy atom. The summed E-state index contributed by atoms with van der Waals surface area (Å²) < 4.78 is 19.6. The third kappa shape index (κ3) is 6.72. The van der Waals surface area contributed by atoms with Crippen LogP contribution in [-0.2, 0) is 11.2 Å². The average Bonchev–Trinajstić information content (AvgIpc) is 3.12. The fourth-order valence-corrected chi connectivity index (χ4v) is 5.96. The predicted octanol–water partition coefficient (Wildman–Crippen LogP) is 7.67. The van der Waals surface area contributed by atoms with Crippen LogP contribution in [0.3, 0.4) is 0 Å². The topological polar surface area (TPSA) is 49.8 Å².